The van der Waals surface area contributed by atoms with E-state index >= 15 is 0 Å². The Morgan fingerprint density at radius 3 is 2.79 bits per heavy atom. The van der Waals surface area contributed by atoms with E-state index in [1.807, 2.05) is 37.5 Å². The molecule has 1 aromatic carbocycles. The number of carbonyl (C=O) groups excluding carboxylic acids is 1. The van der Waals surface area contributed by atoms with E-state index in [-0.39, 0.29) is 18.3 Å². The van der Waals surface area contributed by atoms with Crippen molar-refractivity contribution in [2.24, 2.45) is 0 Å². The summed E-state index contributed by atoms with van der Waals surface area (Å²) >= 11 is 8.68. The van der Waals surface area contributed by atoms with Gasteiger partial charge in [-0.3, -0.25) is 10.1 Å². The zero-order valence-electron chi connectivity index (χ0n) is 16.3. The maximum atomic E-state index is 12.2. The van der Waals surface area contributed by atoms with Crippen molar-refractivity contribution in [3.63, 3.8) is 0 Å². The second-order valence-electron chi connectivity index (χ2n) is 6.03. The fraction of sp³-hybridized carbons (Fsp3) is 0.389. The Balaban J connectivity index is 1.57. The van der Waals surface area contributed by atoms with Crippen LogP contribution in [0.5, 0.6) is 5.75 Å². The minimum absolute atomic E-state index is 0.158. The molecule has 0 atom stereocenters. The molecule has 0 aliphatic carbocycles. The van der Waals surface area contributed by atoms with Crippen molar-refractivity contribution in [3.05, 3.63) is 39.6 Å². The van der Waals surface area contributed by atoms with Crippen molar-refractivity contribution in [1.82, 2.24) is 25.0 Å². The minimum atomic E-state index is -0.158. The molecule has 1 amide bonds. The summed E-state index contributed by atoms with van der Waals surface area (Å²) in [4.78, 5) is 12.2. The smallest absolute Gasteiger partial charge is 0.236 e. The van der Waals surface area contributed by atoms with Crippen molar-refractivity contribution in [2.75, 3.05) is 11.1 Å². The molecule has 2 aromatic heterocycles. The number of thioether (sulfide) groups is 1. The second kappa shape index (κ2) is 10.0. The van der Waals surface area contributed by atoms with E-state index in [0.29, 0.717) is 27.7 Å². The fourth-order valence-corrected chi connectivity index (χ4v) is 4.24. The highest BCUT2D eigenvalue weighted by atomic mass is 35.5. The first-order valence-corrected chi connectivity index (χ1v) is 11.2. The van der Waals surface area contributed by atoms with Gasteiger partial charge in [-0.2, -0.15) is 0 Å². The van der Waals surface area contributed by atoms with E-state index in [4.69, 9.17) is 16.3 Å². The molecule has 0 aliphatic heterocycles. The average molecular weight is 453 g/mol. The summed E-state index contributed by atoms with van der Waals surface area (Å²) in [6, 6.07) is 5.47. The van der Waals surface area contributed by atoms with E-state index in [1.165, 1.54) is 23.1 Å². The van der Waals surface area contributed by atoms with Crippen LogP contribution in [-0.2, 0) is 24.4 Å². The Bertz CT molecular complexity index is 991. The van der Waals surface area contributed by atoms with Gasteiger partial charge in [-0.25, -0.2) is 0 Å². The maximum Gasteiger partial charge on any atom is 0.236 e. The number of carbonyl (C=O) groups is 1. The van der Waals surface area contributed by atoms with Gasteiger partial charge in [-0.05, 0) is 44.0 Å². The molecule has 0 aliphatic rings. The highest BCUT2D eigenvalue weighted by molar-refractivity contribution is 7.99. The predicted octanol–water partition coefficient (Wildman–Crippen LogP) is 3.98. The standard InChI is InChI=1S/C18H21ClN6O2S2/c1-4-16-22-23-17(29-16)20-15(26)10-28-18-24-21-14(25(18)5-2)9-27-13-7-6-12(19)8-11(13)3/h6-8H,4-5,9-10H2,1-3H3,(H,20,23,26). The number of aromatic nitrogens is 5. The second-order valence-corrected chi connectivity index (χ2v) is 8.47. The van der Waals surface area contributed by atoms with Crippen molar-refractivity contribution in [1.29, 1.82) is 0 Å². The number of halogens is 1. The van der Waals surface area contributed by atoms with Crippen LogP contribution >= 0.6 is 34.7 Å². The summed E-state index contributed by atoms with van der Waals surface area (Å²) in [5.74, 6) is 1.49. The van der Waals surface area contributed by atoms with Crippen LogP contribution in [0.2, 0.25) is 5.02 Å². The molecule has 3 aromatic rings. The monoisotopic (exact) mass is 452 g/mol. The number of anilines is 1. The number of benzene rings is 1. The van der Waals surface area contributed by atoms with Gasteiger partial charge in [0.15, 0.2) is 11.0 Å². The van der Waals surface area contributed by atoms with Gasteiger partial charge in [0, 0.05) is 11.6 Å². The zero-order valence-corrected chi connectivity index (χ0v) is 18.7. The number of rotatable bonds is 9. The number of nitrogens with one attached hydrogen (secondary N) is 1. The molecular weight excluding hydrogens is 432 g/mol. The molecular formula is C18H21ClN6O2S2. The van der Waals surface area contributed by atoms with E-state index in [1.54, 1.807) is 6.07 Å². The lowest BCUT2D eigenvalue weighted by molar-refractivity contribution is -0.113. The number of hydrogen-bond acceptors (Lipinski definition) is 8. The molecule has 0 unspecified atom stereocenters. The van der Waals surface area contributed by atoms with E-state index < -0.39 is 0 Å². The van der Waals surface area contributed by atoms with Crippen molar-refractivity contribution < 1.29 is 9.53 Å². The molecule has 8 nitrogen and oxygen atoms in total. The quantitative estimate of drug-likeness (QED) is 0.490. The molecule has 0 bridgehead atoms. The molecule has 2 heterocycles. The van der Waals surface area contributed by atoms with Crippen LogP contribution in [0, 0.1) is 6.92 Å². The van der Waals surface area contributed by atoms with Gasteiger partial charge in [-0.15, -0.1) is 20.4 Å². The van der Waals surface area contributed by atoms with Gasteiger partial charge < -0.3 is 9.30 Å². The van der Waals surface area contributed by atoms with Crippen LogP contribution in [0.1, 0.15) is 30.2 Å². The predicted molar refractivity (Wildman–Crippen MR) is 115 cm³/mol. The lowest BCUT2D eigenvalue weighted by Crippen LogP contribution is -2.14. The molecule has 0 saturated carbocycles. The third-order valence-electron chi connectivity index (χ3n) is 3.95. The van der Waals surface area contributed by atoms with Crippen molar-refractivity contribution in [3.8, 4) is 5.75 Å². The lowest BCUT2D eigenvalue weighted by atomic mass is 10.2. The number of amides is 1. The molecule has 1 N–H and O–H groups in total. The normalized spacial score (nSPS) is 10.9. The Morgan fingerprint density at radius 2 is 2.10 bits per heavy atom. The van der Waals surface area contributed by atoms with Gasteiger partial charge in [0.25, 0.3) is 0 Å². The number of hydrogen-bond donors (Lipinski definition) is 1. The topological polar surface area (TPSA) is 94.8 Å². The highest BCUT2D eigenvalue weighted by Crippen LogP contribution is 2.24. The van der Waals surface area contributed by atoms with Gasteiger partial charge in [0.1, 0.15) is 17.4 Å². The maximum absolute atomic E-state index is 12.2. The molecule has 154 valence electrons. The van der Waals surface area contributed by atoms with Crippen LogP contribution in [0.4, 0.5) is 5.13 Å². The van der Waals surface area contributed by atoms with Gasteiger partial charge in [0.2, 0.25) is 11.0 Å². The Labute approximate surface area is 182 Å². The summed E-state index contributed by atoms with van der Waals surface area (Å²) in [5.41, 5.74) is 0.953. The average Bonchev–Trinajstić information content (AvgIpc) is 3.31. The van der Waals surface area contributed by atoms with Crippen molar-refractivity contribution >= 4 is 45.7 Å². The lowest BCUT2D eigenvalue weighted by Gasteiger charge is -2.10. The Morgan fingerprint density at radius 1 is 1.28 bits per heavy atom. The third kappa shape index (κ3) is 5.68. The molecule has 29 heavy (non-hydrogen) atoms. The number of ether oxygens (including phenoxy) is 1. The first kappa shape index (κ1) is 21.5. The van der Waals surface area contributed by atoms with Gasteiger partial charge in [0.05, 0.1) is 5.75 Å². The van der Waals surface area contributed by atoms with Gasteiger partial charge in [-0.1, -0.05) is 41.6 Å². The van der Waals surface area contributed by atoms with Crippen molar-refractivity contribution in [2.45, 2.75) is 45.5 Å². The first-order valence-electron chi connectivity index (χ1n) is 9.06. The van der Waals surface area contributed by atoms with Crippen LogP contribution in [0.15, 0.2) is 23.4 Å². The summed E-state index contributed by atoms with van der Waals surface area (Å²) in [7, 11) is 0. The Hall–Kier alpha value is -2.17. The molecule has 11 heteroatoms. The minimum Gasteiger partial charge on any atom is -0.485 e. The van der Waals surface area contributed by atoms with E-state index in [0.717, 1.165) is 22.7 Å². The summed E-state index contributed by atoms with van der Waals surface area (Å²) < 4.78 is 7.80. The molecule has 0 spiro atoms. The fourth-order valence-electron chi connectivity index (χ4n) is 2.50. The van der Waals surface area contributed by atoms with E-state index in [9.17, 15) is 4.79 Å². The summed E-state index contributed by atoms with van der Waals surface area (Å²) in [6.45, 7) is 6.88. The summed E-state index contributed by atoms with van der Waals surface area (Å²) in [5, 5.41) is 21.9. The molecule has 0 saturated heterocycles. The SMILES string of the molecule is CCc1nnc(NC(=O)CSc2nnc(COc3ccc(Cl)cc3C)n2CC)s1. The molecule has 0 fully saturated rings. The van der Waals surface area contributed by atoms with Crippen LogP contribution < -0.4 is 10.1 Å². The number of nitrogens with zero attached hydrogens (tertiary/aromatic N) is 5. The summed E-state index contributed by atoms with van der Waals surface area (Å²) in [6.07, 6.45) is 0.794. The van der Waals surface area contributed by atoms with Crippen LogP contribution in [0.25, 0.3) is 0 Å². The van der Waals surface area contributed by atoms with Crippen LogP contribution in [0.3, 0.4) is 0 Å². The van der Waals surface area contributed by atoms with Crippen LogP contribution in [-0.4, -0.2) is 36.6 Å². The van der Waals surface area contributed by atoms with Gasteiger partial charge >= 0.3 is 0 Å². The first-order chi connectivity index (χ1) is 14.0. The molecule has 0 radical (unpaired) electrons. The largest absolute Gasteiger partial charge is 0.485 e. The number of aryl methyl sites for hydroxylation is 2. The van der Waals surface area contributed by atoms with E-state index in [2.05, 4.69) is 25.7 Å². The molecule has 3 rings (SSSR count). The highest BCUT2D eigenvalue weighted by Gasteiger charge is 2.15. The Kier molecular flexibility index (Phi) is 7.45. The zero-order chi connectivity index (χ0) is 20.8. The third-order valence-corrected chi connectivity index (χ3v) is 6.14.